The lowest BCUT2D eigenvalue weighted by atomic mass is 10.3. The van der Waals surface area contributed by atoms with Crippen LogP contribution in [-0.4, -0.2) is 11.6 Å². The smallest absolute Gasteiger partial charge is 0.119 e. The maximum Gasteiger partial charge on any atom is 0.119 e. The molecule has 1 heterocycles. The molecule has 0 radical (unpaired) electrons. The van der Waals surface area contributed by atoms with Gasteiger partial charge in [-0.15, -0.1) is 22.9 Å². The molecule has 2 aromatic rings. The van der Waals surface area contributed by atoms with Crippen LogP contribution in [0.15, 0.2) is 35.7 Å². The molecule has 0 aliphatic carbocycles. The van der Waals surface area contributed by atoms with Gasteiger partial charge in [0.1, 0.15) is 5.75 Å². The van der Waals surface area contributed by atoms with Gasteiger partial charge in [-0.1, -0.05) is 18.2 Å². The van der Waals surface area contributed by atoms with Crippen LogP contribution >= 0.6 is 22.9 Å². The van der Waals surface area contributed by atoms with Crippen LogP contribution < -0.4 is 4.74 Å². The number of para-hydroxylation sites is 1. The van der Waals surface area contributed by atoms with Crippen LogP contribution in [0.4, 0.5) is 0 Å². The summed E-state index contributed by atoms with van der Waals surface area (Å²) >= 11 is 7.37. The number of alkyl halides is 1. The van der Waals surface area contributed by atoms with Crippen LogP contribution in [0.5, 0.6) is 5.75 Å². The fraction of sp³-hybridized carbons (Fsp3) is 0.308. The molecule has 2 nitrogen and oxygen atoms in total. The molecule has 90 valence electrons. The minimum absolute atomic E-state index is 0.497. The van der Waals surface area contributed by atoms with Crippen molar-refractivity contribution in [2.75, 3.05) is 6.61 Å². The number of hydrogen-bond donors (Lipinski definition) is 0. The highest BCUT2D eigenvalue weighted by molar-refractivity contribution is 7.09. The van der Waals surface area contributed by atoms with E-state index < -0.39 is 0 Å². The molecule has 1 aromatic carbocycles. The Morgan fingerprint density at radius 3 is 2.76 bits per heavy atom. The average molecular weight is 268 g/mol. The zero-order valence-electron chi connectivity index (χ0n) is 9.43. The van der Waals surface area contributed by atoms with Crippen molar-refractivity contribution < 1.29 is 4.74 Å². The number of ether oxygens (including phenoxy) is 1. The van der Waals surface area contributed by atoms with Crippen LogP contribution in [0.1, 0.15) is 17.1 Å². The Bertz CT molecular complexity index is 444. The minimum atomic E-state index is 0.497. The SMILES string of the molecule is ClCc1csc(CCCOc2ccccc2)n1. The van der Waals surface area contributed by atoms with Crippen molar-refractivity contribution in [2.45, 2.75) is 18.7 Å². The van der Waals surface area contributed by atoms with E-state index in [0.29, 0.717) is 5.88 Å². The van der Waals surface area contributed by atoms with Gasteiger partial charge in [0.15, 0.2) is 0 Å². The van der Waals surface area contributed by atoms with Crippen molar-refractivity contribution in [3.63, 3.8) is 0 Å². The molecule has 0 atom stereocenters. The highest BCUT2D eigenvalue weighted by atomic mass is 35.5. The van der Waals surface area contributed by atoms with Gasteiger partial charge in [-0.3, -0.25) is 0 Å². The van der Waals surface area contributed by atoms with Crippen molar-refractivity contribution in [3.05, 3.63) is 46.4 Å². The third-order valence-electron chi connectivity index (χ3n) is 2.28. The number of hydrogen-bond acceptors (Lipinski definition) is 3. The number of aryl methyl sites for hydroxylation is 1. The monoisotopic (exact) mass is 267 g/mol. The summed E-state index contributed by atoms with van der Waals surface area (Å²) in [5, 5.41) is 3.15. The first kappa shape index (κ1) is 12.4. The first-order valence-corrected chi connectivity index (χ1v) is 6.97. The minimum Gasteiger partial charge on any atom is -0.494 e. The second-order valence-electron chi connectivity index (χ2n) is 3.63. The zero-order chi connectivity index (χ0) is 11.9. The van der Waals surface area contributed by atoms with Crippen molar-refractivity contribution in [3.8, 4) is 5.75 Å². The average Bonchev–Trinajstić information content (AvgIpc) is 2.84. The van der Waals surface area contributed by atoms with Gasteiger partial charge in [0, 0.05) is 11.8 Å². The van der Waals surface area contributed by atoms with Crippen molar-refractivity contribution >= 4 is 22.9 Å². The molecule has 17 heavy (non-hydrogen) atoms. The van der Waals surface area contributed by atoms with E-state index in [-0.39, 0.29) is 0 Å². The summed E-state index contributed by atoms with van der Waals surface area (Å²) in [6, 6.07) is 9.87. The van der Waals surface area contributed by atoms with E-state index in [2.05, 4.69) is 4.98 Å². The zero-order valence-corrected chi connectivity index (χ0v) is 11.0. The van der Waals surface area contributed by atoms with Gasteiger partial charge in [0.25, 0.3) is 0 Å². The fourth-order valence-corrected chi connectivity index (χ4v) is 2.52. The first-order valence-electron chi connectivity index (χ1n) is 5.55. The first-order chi connectivity index (χ1) is 8.38. The molecule has 0 aliphatic rings. The Labute approximate surface area is 110 Å². The number of thiazole rings is 1. The molecular formula is C13H14ClNOS. The fourth-order valence-electron chi connectivity index (χ4n) is 1.46. The molecule has 1 aromatic heterocycles. The summed E-state index contributed by atoms with van der Waals surface area (Å²) in [5.74, 6) is 1.42. The van der Waals surface area contributed by atoms with Gasteiger partial charge in [-0.2, -0.15) is 0 Å². The third-order valence-corrected chi connectivity index (χ3v) is 3.51. The Hall–Kier alpha value is -1.06. The summed E-state index contributed by atoms with van der Waals surface area (Å²) in [7, 11) is 0. The summed E-state index contributed by atoms with van der Waals surface area (Å²) in [5.41, 5.74) is 0.968. The van der Waals surface area contributed by atoms with Crippen LogP contribution in [0.2, 0.25) is 0 Å². The highest BCUT2D eigenvalue weighted by Crippen LogP contribution is 2.14. The molecule has 4 heteroatoms. The summed E-state index contributed by atoms with van der Waals surface area (Å²) < 4.78 is 5.61. The molecule has 2 rings (SSSR count). The van der Waals surface area contributed by atoms with Gasteiger partial charge in [-0.25, -0.2) is 4.98 Å². The molecule has 0 spiro atoms. The molecule has 0 unspecified atom stereocenters. The highest BCUT2D eigenvalue weighted by Gasteiger charge is 2.01. The van der Waals surface area contributed by atoms with Crippen molar-refractivity contribution in [1.82, 2.24) is 4.98 Å². The predicted molar refractivity (Wildman–Crippen MR) is 71.9 cm³/mol. The lowest BCUT2D eigenvalue weighted by molar-refractivity contribution is 0.311. The number of rotatable bonds is 6. The summed E-state index contributed by atoms with van der Waals surface area (Å²) in [4.78, 5) is 4.40. The Morgan fingerprint density at radius 1 is 1.24 bits per heavy atom. The molecule has 0 aliphatic heterocycles. The number of nitrogens with zero attached hydrogens (tertiary/aromatic N) is 1. The van der Waals surface area contributed by atoms with E-state index in [1.165, 1.54) is 0 Å². The largest absolute Gasteiger partial charge is 0.494 e. The van der Waals surface area contributed by atoms with Gasteiger partial charge >= 0.3 is 0 Å². The van der Waals surface area contributed by atoms with Crippen LogP contribution in [0, 0.1) is 0 Å². The van der Waals surface area contributed by atoms with E-state index in [9.17, 15) is 0 Å². The van der Waals surface area contributed by atoms with E-state index in [1.807, 2.05) is 35.7 Å². The van der Waals surface area contributed by atoms with E-state index in [1.54, 1.807) is 11.3 Å². The molecule has 0 fully saturated rings. The van der Waals surface area contributed by atoms with Gasteiger partial charge in [0.05, 0.1) is 23.2 Å². The Morgan fingerprint density at radius 2 is 2.06 bits per heavy atom. The Kier molecular flexibility index (Phi) is 4.83. The van der Waals surface area contributed by atoms with Crippen LogP contribution in [0.25, 0.3) is 0 Å². The van der Waals surface area contributed by atoms with Gasteiger partial charge in [-0.05, 0) is 18.6 Å². The standard InChI is InChI=1S/C13H14ClNOS/c14-9-11-10-17-13(15-11)7-4-8-16-12-5-2-1-3-6-12/h1-3,5-6,10H,4,7-9H2. The van der Waals surface area contributed by atoms with Crippen molar-refractivity contribution in [2.24, 2.45) is 0 Å². The van der Waals surface area contributed by atoms with Crippen molar-refractivity contribution in [1.29, 1.82) is 0 Å². The maximum atomic E-state index is 5.70. The second-order valence-corrected chi connectivity index (χ2v) is 4.84. The van der Waals surface area contributed by atoms with E-state index in [0.717, 1.165) is 35.9 Å². The number of halogens is 1. The van der Waals surface area contributed by atoms with E-state index in [4.69, 9.17) is 16.3 Å². The van der Waals surface area contributed by atoms with Gasteiger partial charge in [0.2, 0.25) is 0 Å². The lowest BCUT2D eigenvalue weighted by Crippen LogP contribution is -1.99. The number of benzene rings is 1. The van der Waals surface area contributed by atoms with Gasteiger partial charge < -0.3 is 4.74 Å². The molecule has 0 bridgehead atoms. The Balaban J connectivity index is 1.69. The van der Waals surface area contributed by atoms with E-state index >= 15 is 0 Å². The normalized spacial score (nSPS) is 10.4. The quantitative estimate of drug-likeness (QED) is 0.585. The maximum absolute atomic E-state index is 5.70. The predicted octanol–water partition coefficient (Wildman–Crippen LogP) is 3.89. The molecular weight excluding hydrogens is 254 g/mol. The van der Waals surface area contributed by atoms with Crippen LogP contribution in [0.3, 0.4) is 0 Å². The molecule has 0 saturated heterocycles. The lowest BCUT2D eigenvalue weighted by Gasteiger charge is -2.04. The molecule has 0 N–H and O–H groups in total. The summed E-state index contributed by atoms with van der Waals surface area (Å²) in [6.45, 7) is 0.722. The summed E-state index contributed by atoms with van der Waals surface area (Å²) in [6.07, 6.45) is 1.93. The molecule has 0 saturated carbocycles. The third kappa shape index (κ3) is 4.02. The van der Waals surface area contributed by atoms with Crippen LogP contribution in [-0.2, 0) is 12.3 Å². The molecule has 0 amide bonds. The second kappa shape index (κ2) is 6.62. The topological polar surface area (TPSA) is 22.1 Å². The number of aromatic nitrogens is 1.